The van der Waals surface area contributed by atoms with Crippen LogP contribution in [0.15, 0.2) is 24.4 Å². The highest BCUT2D eigenvalue weighted by atomic mass is 16.5. The van der Waals surface area contributed by atoms with Crippen LogP contribution in [-0.4, -0.2) is 36.9 Å². The number of ketones is 1. The maximum absolute atomic E-state index is 11.3. The summed E-state index contributed by atoms with van der Waals surface area (Å²) in [5.74, 6) is -0.449. The number of methoxy groups -OCH3 is 1. The van der Waals surface area contributed by atoms with Gasteiger partial charge in [0.2, 0.25) is 5.78 Å². The topological polar surface area (TPSA) is 97.2 Å². The van der Waals surface area contributed by atoms with E-state index in [-0.39, 0.29) is 6.54 Å². The number of H-pyrrole nitrogens is 1. The fourth-order valence-corrected chi connectivity index (χ4v) is 2.00. The van der Waals surface area contributed by atoms with Crippen molar-refractivity contribution in [2.24, 2.45) is 5.73 Å². The van der Waals surface area contributed by atoms with Crippen molar-refractivity contribution in [3.8, 4) is 5.75 Å². The van der Waals surface area contributed by atoms with Crippen molar-refractivity contribution in [2.75, 3.05) is 20.2 Å². The molecule has 0 saturated carbocycles. The minimum Gasteiger partial charge on any atom is -0.497 e. The van der Waals surface area contributed by atoms with Gasteiger partial charge in [0, 0.05) is 29.7 Å². The number of benzene rings is 1. The molecule has 2 aromatic rings. The van der Waals surface area contributed by atoms with Crippen LogP contribution in [0.1, 0.15) is 39.7 Å². The van der Waals surface area contributed by atoms with Crippen molar-refractivity contribution in [2.45, 2.75) is 40.5 Å². The van der Waals surface area contributed by atoms with Gasteiger partial charge >= 0.3 is 0 Å². The van der Waals surface area contributed by atoms with Crippen molar-refractivity contribution in [3.63, 3.8) is 0 Å². The average molecular weight is 349 g/mol. The zero-order valence-electron chi connectivity index (χ0n) is 15.9. The summed E-state index contributed by atoms with van der Waals surface area (Å²) in [5.41, 5.74) is 7.16. The van der Waals surface area contributed by atoms with Gasteiger partial charge < -0.3 is 20.8 Å². The van der Waals surface area contributed by atoms with Crippen molar-refractivity contribution < 1.29 is 14.3 Å². The van der Waals surface area contributed by atoms with E-state index in [2.05, 4.69) is 24.1 Å². The van der Waals surface area contributed by atoms with Crippen molar-refractivity contribution in [3.05, 3.63) is 30.0 Å². The quantitative estimate of drug-likeness (QED) is 0.699. The second-order valence-corrected chi connectivity index (χ2v) is 5.07. The molecule has 0 aliphatic rings. The van der Waals surface area contributed by atoms with E-state index in [1.165, 1.54) is 6.42 Å². The van der Waals surface area contributed by atoms with Crippen LogP contribution in [0.2, 0.25) is 0 Å². The smallest absolute Gasteiger partial charge is 0.288 e. The zero-order chi connectivity index (χ0) is 19.2. The third kappa shape index (κ3) is 7.39. The average Bonchev–Trinajstić information content (AvgIpc) is 3.05. The number of nitrogens with two attached hydrogens (primary N) is 1. The molecule has 4 N–H and O–H groups in total. The van der Waals surface area contributed by atoms with Crippen LogP contribution in [0, 0.1) is 0 Å². The van der Waals surface area contributed by atoms with Gasteiger partial charge in [-0.25, -0.2) is 0 Å². The predicted molar refractivity (Wildman–Crippen MR) is 103 cm³/mol. The maximum Gasteiger partial charge on any atom is 0.288 e. The first-order valence-electron chi connectivity index (χ1n) is 8.72. The third-order valence-corrected chi connectivity index (χ3v) is 3.09. The Bertz CT molecular complexity index is 650. The van der Waals surface area contributed by atoms with E-state index in [4.69, 9.17) is 10.5 Å². The standard InChI is InChI=1S/C14H17N3O3.C3H8.C2H6/c1-20-10-2-3-11-9(8-17-12(11)6-10)4-5-16-14(19)13(18)7-15;1-3-2;1-2/h2-3,6,8,17H,4-5,7,15H2,1H3,(H,16,19);3H2,1-2H3;1-2H3. The molecule has 2 rings (SSSR count). The molecule has 0 atom stereocenters. The second kappa shape index (κ2) is 13.0. The van der Waals surface area contributed by atoms with Crippen LogP contribution in [0.25, 0.3) is 10.9 Å². The molecule has 140 valence electrons. The Morgan fingerprint density at radius 1 is 1.24 bits per heavy atom. The number of hydrogen-bond donors (Lipinski definition) is 3. The number of aromatic amines is 1. The molecule has 1 aromatic heterocycles. The summed E-state index contributed by atoms with van der Waals surface area (Å²) < 4.78 is 5.16. The summed E-state index contributed by atoms with van der Waals surface area (Å²) in [4.78, 5) is 25.5. The van der Waals surface area contributed by atoms with Crippen molar-refractivity contribution in [1.82, 2.24) is 10.3 Å². The number of carbonyl (C=O) groups is 2. The molecule has 25 heavy (non-hydrogen) atoms. The molecule has 0 bridgehead atoms. The number of aromatic nitrogens is 1. The molecule has 0 aliphatic carbocycles. The van der Waals surface area contributed by atoms with Gasteiger partial charge in [-0.05, 0) is 24.1 Å². The predicted octanol–water partition coefficient (Wildman–Crippen LogP) is 2.81. The van der Waals surface area contributed by atoms with Gasteiger partial charge in [-0.15, -0.1) is 0 Å². The number of nitrogens with one attached hydrogen (secondary N) is 2. The number of rotatable bonds is 6. The monoisotopic (exact) mass is 349 g/mol. The largest absolute Gasteiger partial charge is 0.497 e. The molecular weight excluding hydrogens is 318 g/mol. The minimum atomic E-state index is -0.631. The Kier molecular flexibility index (Phi) is 11.8. The van der Waals surface area contributed by atoms with Crippen molar-refractivity contribution >= 4 is 22.6 Å². The van der Waals surface area contributed by atoms with Gasteiger partial charge in [0.05, 0.1) is 13.7 Å². The fourth-order valence-electron chi connectivity index (χ4n) is 2.00. The Labute approximate surface area is 150 Å². The molecule has 1 heterocycles. The van der Waals surface area contributed by atoms with Gasteiger partial charge in [-0.1, -0.05) is 34.1 Å². The summed E-state index contributed by atoms with van der Waals surface area (Å²) in [7, 11) is 1.62. The number of Topliss-reactive ketones (excluding diaryl/α,β-unsaturated/α-hetero) is 1. The molecule has 0 aliphatic heterocycles. The molecule has 6 heteroatoms. The molecule has 6 nitrogen and oxygen atoms in total. The maximum atomic E-state index is 11.3. The molecule has 1 aromatic carbocycles. The number of ether oxygens (including phenoxy) is 1. The highest BCUT2D eigenvalue weighted by Crippen LogP contribution is 2.23. The van der Waals surface area contributed by atoms with E-state index >= 15 is 0 Å². The van der Waals surface area contributed by atoms with Crippen LogP contribution in [0.4, 0.5) is 0 Å². The van der Waals surface area contributed by atoms with Gasteiger partial charge in [0.1, 0.15) is 5.75 Å². The molecule has 1 amide bonds. The fraction of sp³-hybridized carbons (Fsp3) is 0.474. The molecular formula is C19H31N3O3. The lowest BCUT2D eigenvalue weighted by Crippen LogP contribution is -2.36. The highest BCUT2D eigenvalue weighted by molar-refractivity contribution is 6.36. The normalized spacial score (nSPS) is 9.36. The second-order valence-electron chi connectivity index (χ2n) is 5.07. The lowest BCUT2D eigenvalue weighted by molar-refractivity contribution is -0.137. The SMILES string of the molecule is CC.CCC.COc1ccc2c(CCNC(=O)C(=O)CN)c[nH]c2c1. The van der Waals surface area contributed by atoms with Crippen LogP contribution < -0.4 is 15.8 Å². The van der Waals surface area contributed by atoms with Crippen LogP contribution in [-0.2, 0) is 16.0 Å². The third-order valence-electron chi connectivity index (χ3n) is 3.09. The molecule has 0 spiro atoms. The van der Waals surface area contributed by atoms with E-state index in [1.54, 1.807) is 7.11 Å². The van der Waals surface area contributed by atoms with Gasteiger partial charge in [-0.2, -0.15) is 0 Å². The molecule has 0 saturated heterocycles. The van der Waals surface area contributed by atoms with Crippen LogP contribution in [0.3, 0.4) is 0 Å². The lowest BCUT2D eigenvalue weighted by atomic mass is 10.1. The number of carbonyl (C=O) groups excluding carboxylic acids is 2. The van der Waals surface area contributed by atoms with Gasteiger partial charge in [-0.3, -0.25) is 9.59 Å². The summed E-state index contributed by atoms with van der Waals surface area (Å²) in [6.45, 7) is 8.38. The Morgan fingerprint density at radius 2 is 1.88 bits per heavy atom. The summed E-state index contributed by atoms with van der Waals surface area (Å²) in [6.07, 6.45) is 3.77. The van der Waals surface area contributed by atoms with E-state index in [1.807, 2.05) is 38.2 Å². The van der Waals surface area contributed by atoms with E-state index in [0.717, 1.165) is 22.2 Å². The number of amides is 1. The number of hydrogen-bond acceptors (Lipinski definition) is 4. The Balaban J connectivity index is 0.00000104. The summed E-state index contributed by atoms with van der Waals surface area (Å²) in [5, 5.41) is 3.63. The Morgan fingerprint density at radius 3 is 2.44 bits per heavy atom. The van der Waals surface area contributed by atoms with E-state index < -0.39 is 11.7 Å². The first-order chi connectivity index (χ1) is 12.1. The molecule has 0 unspecified atom stereocenters. The first kappa shape index (κ1) is 22.7. The first-order valence-corrected chi connectivity index (χ1v) is 8.72. The molecule has 0 radical (unpaired) electrons. The van der Waals surface area contributed by atoms with Crippen LogP contribution >= 0.6 is 0 Å². The van der Waals surface area contributed by atoms with E-state index in [0.29, 0.717) is 13.0 Å². The summed E-state index contributed by atoms with van der Waals surface area (Å²) >= 11 is 0. The highest BCUT2D eigenvalue weighted by Gasteiger charge is 2.11. The number of fused-ring (bicyclic) bond motifs is 1. The summed E-state index contributed by atoms with van der Waals surface area (Å²) in [6, 6.07) is 5.76. The zero-order valence-corrected chi connectivity index (χ0v) is 15.9. The Hall–Kier alpha value is -2.34. The van der Waals surface area contributed by atoms with Gasteiger partial charge in [0.15, 0.2) is 0 Å². The minimum absolute atomic E-state index is 0.265. The van der Waals surface area contributed by atoms with Crippen molar-refractivity contribution in [1.29, 1.82) is 0 Å². The molecule has 0 fully saturated rings. The van der Waals surface area contributed by atoms with Gasteiger partial charge in [0.25, 0.3) is 5.91 Å². The van der Waals surface area contributed by atoms with Crippen LogP contribution in [0.5, 0.6) is 5.75 Å². The van der Waals surface area contributed by atoms with E-state index in [9.17, 15) is 9.59 Å². The lowest BCUT2D eigenvalue weighted by Gasteiger charge is -2.03.